The molecule has 122 valence electrons. The SMILES string of the molecule is Cc1nc(CN2CCCCC2)sc1C(=O)NCC1CCCO1. The highest BCUT2D eigenvalue weighted by molar-refractivity contribution is 7.13. The second kappa shape index (κ2) is 7.53. The zero-order valence-corrected chi connectivity index (χ0v) is 14.1. The second-order valence-electron chi connectivity index (χ2n) is 6.20. The first-order chi connectivity index (χ1) is 10.7. The van der Waals surface area contributed by atoms with Crippen molar-refractivity contribution in [2.75, 3.05) is 26.2 Å². The van der Waals surface area contributed by atoms with Crippen LogP contribution in [-0.4, -0.2) is 48.1 Å². The fraction of sp³-hybridized carbons (Fsp3) is 0.750. The van der Waals surface area contributed by atoms with E-state index in [0.717, 1.165) is 54.7 Å². The van der Waals surface area contributed by atoms with Crippen molar-refractivity contribution in [2.24, 2.45) is 0 Å². The van der Waals surface area contributed by atoms with Crippen LogP contribution in [0.4, 0.5) is 0 Å². The summed E-state index contributed by atoms with van der Waals surface area (Å²) in [5.74, 6) is -0.00426. The van der Waals surface area contributed by atoms with Gasteiger partial charge in [0.1, 0.15) is 9.88 Å². The van der Waals surface area contributed by atoms with E-state index in [0.29, 0.717) is 6.54 Å². The van der Waals surface area contributed by atoms with Crippen molar-refractivity contribution in [1.29, 1.82) is 0 Å². The van der Waals surface area contributed by atoms with Crippen LogP contribution in [0, 0.1) is 6.92 Å². The molecule has 22 heavy (non-hydrogen) atoms. The van der Waals surface area contributed by atoms with Crippen molar-refractivity contribution >= 4 is 17.2 Å². The number of rotatable bonds is 5. The normalized spacial score (nSPS) is 22.9. The summed E-state index contributed by atoms with van der Waals surface area (Å²) in [4.78, 5) is 20.1. The van der Waals surface area contributed by atoms with Gasteiger partial charge in [-0.3, -0.25) is 9.69 Å². The average Bonchev–Trinajstić information content (AvgIpc) is 3.16. The minimum Gasteiger partial charge on any atom is -0.376 e. The lowest BCUT2D eigenvalue weighted by molar-refractivity contribution is 0.0860. The predicted octanol–water partition coefficient (Wildman–Crippen LogP) is 2.35. The Bertz CT molecular complexity index is 505. The molecule has 0 radical (unpaired) electrons. The van der Waals surface area contributed by atoms with Crippen LogP contribution in [-0.2, 0) is 11.3 Å². The van der Waals surface area contributed by atoms with Gasteiger partial charge in [-0.15, -0.1) is 11.3 Å². The van der Waals surface area contributed by atoms with Gasteiger partial charge in [0, 0.05) is 13.2 Å². The van der Waals surface area contributed by atoms with E-state index < -0.39 is 0 Å². The fourth-order valence-corrected chi connectivity index (χ4v) is 4.16. The highest BCUT2D eigenvalue weighted by Crippen LogP contribution is 2.21. The number of hydrogen-bond acceptors (Lipinski definition) is 5. The molecular formula is C16H25N3O2S. The van der Waals surface area contributed by atoms with Gasteiger partial charge in [0.05, 0.1) is 18.3 Å². The maximum Gasteiger partial charge on any atom is 0.263 e. The lowest BCUT2D eigenvalue weighted by Gasteiger charge is -2.25. The molecule has 3 heterocycles. The Hall–Kier alpha value is -0.980. The van der Waals surface area contributed by atoms with Gasteiger partial charge >= 0.3 is 0 Å². The first-order valence-corrected chi connectivity index (χ1v) is 9.12. The Morgan fingerprint density at radius 1 is 1.36 bits per heavy atom. The molecule has 1 aromatic heterocycles. The maximum atomic E-state index is 12.3. The number of ether oxygens (including phenoxy) is 1. The Morgan fingerprint density at radius 2 is 2.18 bits per heavy atom. The number of hydrogen-bond donors (Lipinski definition) is 1. The lowest BCUT2D eigenvalue weighted by atomic mass is 10.1. The molecular weight excluding hydrogens is 298 g/mol. The van der Waals surface area contributed by atoms with Gasteiger partial charge in [-0.1, -0.05) is 6.42 Å². The molecule has 1 amide bonds. The third-order valence-corrected chi connectivity index (χ3v) is 5.51. The fourth-order valence-electron chi connectivity index (χ4n) is 3.13. The molecule has 0 spiro atoms. The number of nitrogens with one attached hydrogen (secondary N) is 1. The number of thiazole rings is 1. The Morgan fingerprint density at radius 3 is 2.91 bits per heavy atom. The predicted molar refractivity (Wildman–Crippen MR) is 87.3 cm³/mol. The van der Waals surface area contributed by atoms with Gasteiger partial charge in [-0.2, -0.15) is 0 Å². The van der Waals surface area contributed by atoms with Crippen molar-refractivity contribution in [3.05, 3.63) is 15.6 Å². The number of carbonyl (C=O) groups excluding carboxylic acids is 1. The van der Waals surface area contributed by atoms with E-state index in [-0.39, 0.29) is 12.0 Å². The molecule has 2 fully saturated rings. The van der Waals surface area contributed by atoms with Crippen molar-refractivity contribution in [3.63, 3.8) is 0 Å². The molecule has 1 aromatic rings. The molecule has 1 unspecified atom stereocenters. The monoisotopic (exact) mass is 323 g/mol. The smallest absolute Gasteiger partial charge is 0.263 e. The van der Waals surface area contributed by atoms with Gasteiger partial charge < -0.3 is 10.1 Å². The van der Waals surface area contributed by atoms with Crippen LogP contribution in [0.5, 0.6) is 0 Å². The van der Waals surface area contributed by atoms with Crippen molar-refractivity contribution < 1.29 is 9.53 Å². The van der Waals surface area contributed by atoms with Gasteiger partial charge in [0.25, 0.3) is 5.91 Å². The molecule has 0 aromatic carbocycles. The summed E-state index contributed by atoms with van der Waals surface area (Å²) in [6.07, 6.45) is 6.22. The van der Waals surface area contributed by atoms with Gasteiger partial charge in [-0.25, -0.2) is 4.98 Å². The summed E-state index contributed by atoms with van der Waals surface area (Å²) in [6.45, 7) is 6.54. The van der Waals surface area contributed by atoms with Crippen LogP contribution in [0.25, 0.3) is 0 Å². The van der Waals surface area contributed by atoms with E-state index in [1.807, 2.05) is 6.92 Å². The maximum absolute atomic E-state index is 12.3. The highest BCUT2D eigenvalue weighted by Gasteiger charge is 2.20. The molecule has 1 N–H and O–H groups in total. The molecule has 2 aliphatic rings. The van der Waals surface area contributed by atoms with Crippen molar-refractivity contribution in [3.8, 4) is 0 Å². The standard InChI is InChI=1S/C16H25N3O2S/c1-12-15(16(20)17-10-13-6-5-9-21-13)22-14(18-12)11-19-7-3-2-4-8-19/h13H,2-11H2,1H3,(H,17,20). The summed E-state index contributed by atoms with van der Waals surface area (Å²) in [7, 11) is 0. The summed E-state index contributed by atoms with van der Waals surface area (Å²) in [5, 5.41) is 4.05. The van der Waals surface area contributed by atoms with E-state index in [2.05, 4.69) is 15.2 Å². The van der Waals surface area contributed by atoms with Crippen LogP contribution < -0.4 is 5.32 Å². The van der Waals surface area contributed by atoms with E-state index in [4.69, 9.17) is 4.74 Å². The number of piperidine rings is 1. The number of likely N-dealkylation sites (tertiary alicyclic amines) is 1. The zero-order chi connectivity index (χ0) is 15.4. The average molecular weight is 323 g/mol. The lowest BCUT2D eigenvalue weighted by Crippen LogP contribution is -2.31. The molecule has 2 saturated heterocycles. The second-order valence-corrected chi connectivity index (χ2v) is 7.29. The Labute approximate surface area is 136 Å². The van der Waals surface area contributed by atoms with Crippen molar-refractivity contribution in [2.45, 2.75) is 51.7 Å². The first-order valence-electron chi connectivity index (χ1n) is 8.31. The number of aromatic nitrogens is 1. The minimum atomic E-state index is -0.00426. The number of carbonyl (C=O) groups is 1. The molecule has 0 saturated carbocycles. The number of aryl methyl sites for hydroxylation is 1. The van der Waals surface area contributed by atoms with Gasteiger partial charge in [0.2, 0.25) is 0 Å². The minimum absolute atomic E-state index is 0.00426. The molecule has 2 aliphatic heterocycles. The first kappa shape index (κ1) is 15.9. The quantitative estimate of drug-likeness (QED) is 0.904. The van der Waals surface area contributed by atoms with E-state index >= 15 is 0 Å². The molecule has 6 heteroatoms. The summed E-state index contributed by atoms with van der Waals surface area (Å²) in [6, 6.07) is 0. The van der Waals surface area contributed by atoms with Crippen molar-refractivity contribution in [1.82, 2.24) is 15.2 Å². The van der Waals surface area contributed by atoms with E-state index in [1.165, 1.54) is 30.6 Å². The highest BCUT2D eigenvalue weighted by atomic mass is 32.1. The molecule has 3 rings (SSSR count). The molecule has 0 aliphatic carbocycles. The van der Waals surface area contributed by atoms with Crippen LogP contribution in [0.2, 0.25) is 0 Å². The molecule has 0 bridgehead atoms. The number of nitrogens with zero attached hydrogens (tertiary/aromatic N) is 2. The zero-order valence-electron chi connectivity index (χ0n) is 13.3. The summed E-state index contributed by atoms with van der Waals surface area (Å²) >= 11 is 1.54. The van der Waals surface area contributed by atoms with E-state index in [1.54, 1.807) is 0 Å². The summed E-state index contributed by atoms with van der Waals surface area (Å²) < 4.78 is 5.54. The van der Waals surface area contributed by atoms with E-state index in [9.17, 15) is 4.79 Å². The Kier molecular flexibility index (Phi) is 5.44. The third-order valence-electron chi connectivity index (χ3n) is 4.37. The van der Waals surface area contributed by atoms with Crippen LogP contribution in [0.3, 0.4) is 0 Å². The largest absolute Gasteiger partial charge is 0.376 e. The van der Waals surface area contributed by atoms with Gasteiger partial charge in [-0.05, 0) is 45.7 Å². The third kappa shape index (κ3) is 4.06. The van der Waals surface area contributed by atoms with Crippen LogP contribution in [0.1, 0.15) is 52.5 Å². The summed E-state index contributed by atoms with van der Waals surface area (Å²) in [5.41, 5.74) is 0.849. The molecule has 5 nitrogen and oxygen atoms in total. The van der Waals surface area contributed by atoms with Gasteiger partial charge in [0.15, 0.2) is 0 Å². The Balaban J connectivity index is 1.54. The van der Waals surface area contributed by atoms with Crippen LogP contribution >= 0.6 is 11.3 Å². The molecule has 1 atom stereocenters. The topological polar surface area (TPSA) is 54.5 Å². The van der Waals surface area contributed by atoms with Crippen LogP contribution in [0.15, 0.2) is 0 Å². The number of amides is 1.